The highest BCUT2D eigenvalue weighted by Crippen LogP contribution is 2.06. The minimum Gasteiger partial charge on any atom is -0.480 e. The van der Waals surface area contributed by atoms with Crippen molar-refractivity contribution in [1.29, 1.82) is 0 Å². The number of aliphatic carboxylic acids is 1. The van der Waals surface area contributed by atoms with Gasteiger partial charge in [-0.15, -0.1) is 0 Å². The van der Waals surface area contributed by atoms with Crippen molar-refractivity contribution in [3.05, 3.63) is 28.5 Å². The fraction of sp³-hybridized carbons (Fsp3) is 0.300. The maximum absolute atomic E-state index is 11.6. The first-order valence-corrected chi connectivity index (χ1v) is 5.54. The van der Waals surface area contributed by atoms with Crippen LogP contribution in [0.4, 0.5) is 0 Å². The third-order valence-electron chi connectivity index (χ3n) is 2.02. The molecule has 0 radical (unpaired) electrons. The molecule has 6 nitrogen and oxygen atoms in total. The lowest BCUT2D eigenvalue weighted by Crippen LogP contribution is -2.47. The summed E-state index contributed by atoms with van der Waals surface area (Å²) in [7, 11) is 0. The molecule has 1 aromatic rings. The Morgan fingerprint density at radius 3 is 2.53 bits per heavy atom. The van der Waals surface area contributed by atoms with Crippen molar-refractivity contribution < 1.29 is 19.8 Å². The first-order chi connectivity index (χ1) is 7.91. The van der Waals surface area contributed by atoms with E-state index in [2.05, 4.69) is 26.2 Å². The molecule has 0 saturated carbocycles. The van der Waals surface area contributed by atoms with E-state index in [0.717, 1.165) is 0 Å². The van der Waals surface area contributed by atoms with Gasteiger partial charge in [-0.1, -0.05) is 0 Å². The number of nitrogens with zero attached hydrogens (tertiary/aromatic N) is 1. The summed E-state index contributed by atoms with van der Waals surface area (Å²) in [5.41, 5.74) is 0.222. The van der Waals surface area contributed by atoms with Gasteiger partial charge in [0, 0.05) is 6.20 Å². The lowest BCUT2D eigenvalue weighted by Gasteiger charge is -2.16. The van der Waals surface area contributed by atoms with Crippen LogP contribution in [0.25, 0.3) is 0 Å². The van der Waals surface area contributed by atoms with Crippen LogP contribution in [0.15, 0.2) is 22.9 Å². The number of amides is 1. The zero-order chi connectivity index (χ0) is 13.0. The largest absolute Gasteiger partial charge is 0.480 e. The molecule has 0 aliphatic rings. The van der Waals surface area contributed by atoms with E-state index in [0.29, 0.717) is 4.60 Å². The third-order valence-corrected chi connectivity index (χ3v) is 2.49. The zero-order valence-electron chi connectivity index (χ0n) is 8.92. The topological polar surface area (TPSA) is 99.5 Å². The smallest absolute Gasteiger partial charge is 0.328 e. The van der Waals surface area contributed by atoms with E-state index in [1.807, 2.05) is 0 Å². The summed E-state index contributed by atoms with van der Waals surface area (Å²) in [5.74, 6) is -1.89. The van der Waals surface area contributed by atoms with E-state index < -0.39 is 24.0 Å². The number of carboxylic acids is 1. The number of pyridine rings is 1. The highest BCUT2D eigenvalue weighted by Gasteiger charge is 2.25. The van der Waals surface area contributed by atoms with Crippen LogP contribution in [0.1, 0.15) is 17.3 Å². The number of carboxylic acid groups (broad SMARTS) is 1. The molecule has 0 saturated heterocycles. The molecule has 1 amide bonds. The van der Waals surface area contributed by atoms with Crippen molar-refractivity contribution >= 4 is 27.8 Å². The molecule has 0 aliphatic carbocycles. The molecule has 1 heterocycles. The molecule has 92 valence electrons. The van der Waals surface area contributed by atoms with Crippen LogP contribution in [-0.2, 0) is 4.79 Å². The zero-order valence-corrected chi connectivity index (χ0v) is 10.5. The van der Waals surface area contributed by atoms with Crippen molar-refractivity contribution in [2.24, 2.45) is 0 Å². The molecule has 2 atom stereocenters. The Hall–Kier alpha value is -1.47. The first-order valence-electron chi connectivity index (χ1n) is 4.75. The summed E-state index contributed by atoms with van der Waals surface area (Å²) in [4.78, 5) is 26.2. The average Bonchev–Trinajstić information content (AvgIpc) is 2.25. The predicted molar refractivity (Wildman–Crippen MR) is 62.5 cm³/mol. The van der Waals surface area contributed by atoms with Crippen molar-refractivity contribution in [3.63, 3.8) is 0 Å². The van der Waals surface area contributed by atoms with E-state index in [1.54, 1.807) is 6.07 Å². The number of carbonyl (C=O) groups excluding carboxylic acids is 1. The van der Waals surface area contributed by atoms with Crippen molar-refractivity contribution in [2.75, 3.05) is 0 Å². The van der Waals surface area contributed by atoms with Gasteiger partial charge in [0.2, 0.25) is 0 Å². The van der Waals surface area contributed by atoms with E-state index in [9.17, 15) is 14.7 Å². The van der Waals surface area contributed by atoms with Crippen molar-refractivity contribution in [1.82, 2.24) is 10.3 Å². The Morgan fingerprint density at radius 2 is 2.12 bits per heavy atom. The second-order valence-electron chi connectivity index (χ2n) is 3.40. The van der Waals surface area contributed by atoms with Gasteiger partial charge in [-0.3, -0.25) is 4.79 Å². The first kappa shape index (κ1) is 13.6. The number of nitrogens with one attached hydrogen (secondary N) is 1. The molecule has 1 rings (SSSR count). The molecule has 0 aliphatic heterocycles. The summed E-state index contributed by atoms with van der Waals surface area (Å²) in [5, 5.41) is 20.2. The SMILES string of the molecule is C[C@@H](O)[C@H](NC(=O)c1ccc(Br)nc1)C(=O)O. The van der Waals surface area contributed by atoms with Gasteiger partial charge in [0.25, 0.3) is 5.91 Å². The quantitative estimate of drug-likeness (QED) is 0.700. The third kappa shape index (κ3) is 3.79. The van der Waals surface area contributed by atoms with Crippen molar-refractivity contribution in [2.45, 2.75) is 19.1 Å². The van der Waals surface area contributed by atoms with Crippen LogP contribution in [0.2, 0.25) is 0 Å². The Morgan fingerprint density at radius 1 is 1.47 bits per heavy atom. The highest BCUT2D eigenvalue weighted by atomic mass is 79.9. The van der Waals surface area contributed by atoms with Crippen LogP contribution >= 0.6 is 15.9 Å². The maximum Gasteiger partial charge on any atom is 0.328 e. The molecule has 1 aromatic heterocycles. The standard InChI is InChI=1S/C10H11BrN2O4/c1-5(14)8(10(16)17)13-9(15)6-2-3-7(11)12-4-6/h2-5,8,14H,1H3,(H,13,15)(H,16,17)/t5-,8+/m1/s1. The van der Waals surface area contributed by atoms with E-state index in [4.69, 9.17) is 5.11 Å². The number of aromatic nitrogens is 1. The summed E-state index contributed by atoms with van der Waals surface area (Å²) >= 11 is 3.11. The summed E-state index contributed by atoms with van der Waals surface area (Å²) in [6.07, 6.45) is 0.125. The molecule has 0 fully saturated rings. The molecule has 3 N–H and O–H groups in total. The van der Waals surface area contributed by atoms with Gasteiger partial charge in [-0.05, 0) is 35.0 Å². The van der Waals surface area contributed by atoms with Gasteiger partial charge >= 0.3 is 5.97 Å². The van der Waals surface area contributed by atoms with Crippen molar-refractivity contribution in [3.8, 4) is 0 Å². The molecule has 17 heavy (non-hydrogen) atoms. The normalized spacial score (nSPS) is 13.8. The molecular formula is C10H11BrN2O4. The summed E-state index contributed by atoms with van der Waals surface area (Å²) in [6.45, 7) is 1.29. The van der Waals surface area contributed by atoms with E-state index in [-0.39, 0.29) is 5.56 Å². The number of hydrogen-bond acceptors (Lipinski definition) is 4. The lowest BCUT2D eigenvalue weighted by molar-refractivity contribution is -0.141. The molecule has 7 heteroatoms. The van der Waals surface area contributed by atoms with Gasteiger partial charge in [0.15, 0.2) is 6.04 Å². The fourth-order valence-corrected chi connectivity index (χ4v) is 1.36. The minimum atomic E-state index is -1.34. The predicted octanol–water partition coefficient (Wildman–Crippen LogP) is 0.408. The van der Waals surface area contributed by atoms with Gasteiger partial charge in [-0.2, -0.15) is 0 Å². The number of aliphatic hydroxyl groups is 1. The van der Waals surface area contributed by atoms with Crippen LogP contribution in [0, 0.1) is 0 Å². The summed E-state index contributed by atoms with van der Waals surface area (Å²) in [6, 6.07) is 1.71. The van der Waals surface area contributed by atoms with Gasteiger partial charge in [-0.25, -0.2) is 9.78 Å². The number of hydrogen-bond donors (Lipinski definition) is 3. The monoisotopic (exact) mass is 302 g/mol. The lowest BCUT2D eigenvalue weighted by atomic mass is 10.1. The Bertz CT molecular complexity index is 419. The minimum absolute atomic E-state index is 0.222. The number of rotatable bonds is 4. The number of carbonyl (C=O) groups is 2. The van der Waals surface area contributed by atoms with Crippen LogP contribution in [0.5, 0.6) is 0 Å². The Labute approximate surface area is 106 Å². The van der Waals surface area contributed by atoms with Gasteiger partial charge in [0.1, 0.15) is 4.60 Å². The van der Waals surface area contributed by atoms with Crippen LogP contribution < -0.4 is 5.32 Å². The highest BCUT2D eigenvalue weighted by molar-refractivity contribution is 9.10. The summed E-state index contributed by atoms with van der Waals surface area (Å²) < 4.78 is 0.569. The second-order valence-corrected chi connectivity index (χ2v) is 4.21. The fourth-order valence-electron chi connectivity index (χ4n) is 1.12. The average molecular weight is 303 g/mol. The molecule has 0 spiro atoms. The maximum atomic E-state index is 11.6. The van der Waals surface area contributed by atoms with Gasteiger partial charge < -0.3 is 15.5 Å². The van der Waals surface area contributed by atoms with Gasteiger partial charge in [0.05, 0.1) is 11.7 Å². The second kappa shape index (κ2) is 5.74. The molecule has 0 bridgehead atoms. The molecule has 0 aromatic carbocycles. The van der Waals surface area contributed by atoms with Crippen LogP contribution in [0.3, 0.4) is 0 Å². The van der Waals surface area contributed by atoms with E-state index >= 15 is 0 Å². The van der Waals surface area contributed by atoms with E-state index in [1.165, 1.54) is 19.2 Å². The number of aliphatic hydroxyl groups excluding tert-OH is 1. The molecular weight excluding hydrogens is 292 g/mol. The van der Waals surface area contributed by atoms with Crippen LogP contribution in [-0.4, -0.2) is 39.2 Å². The number of halogens is 1. The molecule has 0 unspecified atom stereocenters. The Kier molecular flexibility index (Phi) is 4.59. The Balaban J connectivity index is 2.77.